The number of allylic oxidation sites excluding steroid dienone is 4. The normalized spacial score (nSPS) is 17.9. The van der Waals surface area contributed by atoms with E-state index >= 15 is 0 Å². The van der Waals surface area contributed by atoms with Crippen molar-refractivity contribution < 1.29 is 24.2 Å². The van der Waals surface area contributed by atoms with Gasteiger partial charge in [0.25, 0.3) is 0 Å². The number of hydrogen-bond donors (Lipinski definition) is 1. The van der Waals surface area contributed by atoms with E-state index in [9.17, 15) is 19.5 Å². The van der Waals surface area contributed by atoms with Gasteiger partial charge in [0, 0.05) is 41.3 Å². The van der Waals surface area contributed by atoms with Crippen LogP contribution < -0.4 is 4.74 Å². The first-order chi connectivity index (χ1) is 18.9. The Hall–Kier alpha value is -3.71. The number of ketones is 2. The zero-order valence-electron chi connectivity index (χ0n) is 21.4. The highest BCUT2D eigenvalue weighted by Crippen LogP contribution is 2.49. The molecule has 0 amide bonds. The molecule has 3 aliphatic rings. The number of hydrogen-bond acceptors (Lipinski definition) is 5. The Kier molecular flexibility index (Phi) is 6.85. The Labute approximate surface area is 235 Å². The molecule has 198 valence electrons. The maximum atomic E-state index is 13.3. The summed E-state index contributed by atoms with van der Waals surface area (Å²) in [6.45, 7) is 0.157. The second-order valence-electron chi connectivity index (χ2n) is 10.3. The molecule has 6 nitrogen and oxygen atoms in total. The molecule has 0 bridgehead atoms. The number of nitrogens with zero attached hydrogens (tertiary/aromatic N) is 1. The van der Waals surface area contributed by atoms with Gasteiger partial charge < -0.3 is 14.7 Å². The summed E-state index contributed by atoms with van der Waals surface area (Å²) in [4.78, 5) is 40.2. The maximum Gasteiger partial charge on any atom is 0.323 e. The molecule has 7 heteroatoms. The van der Waals surface area contributed by atoms with Crippen molar-refractivity contribution in [3.63, 3.8) is 0 Å². The van der Waals surface area contributed by atoms with E-state index in [0.29, 0.717) is 62.0 Å². The second-order valence-corrected chi connectivity index (χ2v) is 11.2. The minimum Gasteiger partial charge on any atom is -0.488 e. The van der Waals surface area contributed by atoms with Gasteiger partial charge in [-0.25, -0.2) is 0 Å². The molecule has 1 heterocycles. The summed E-state index contributed by atoms with van der Waals surface area (Å²) < 4.78 is 6.95. The fourth-order valence-electron chi connectivity index (χ4n) is 6.26. The van der Waals surface area contributed by atoms with Crippen LogP contribution in [0.15, 0.2) is 87.7 Å². The predicted octanol–water partition coefficient (Wildman–Crippen LogP) is 6.68. The Morgan fingerprint density at radius 2 is 1.56 bits per heavy atom. The second kappa shape index (κ2) is 10.5. The highest BCUT2D eigenvalue weighted by molar-refractivity contribution is 9.10. The lowest BCUT2D eigenvalue weighted by atomic mass is 9.71. The molecule has 3 aromatic rings. The molecule has 1 N–H and O–H groups in total. The zero-order valence-corrected chi connectivity index (χ0v) is 23.0. The average molecular weight is 586 g/mol. The van der Waals surface area contributed by atoms with Gasteiger partial charge in [0.1, 0.15) is 18.9 Å². The van der Waals surface area contributed by atoms with Crippen LogP contribution in [0.4, 0.5) is 0 Å². The molecule has 0 fully saturated rings. The number of Topliss-reactive ketones (excluding diaryl/α,β-unsaturated/α-hetero) is 2. The minimum atomic E-state index is -0.973. The van der Waals surface area contributed by atoms with Crippen molar-refractivity contribution in [2.75, 3.05) is 6.54 Å². The topological polar surface area (TPSA) is 83.9 Å². The van der Waals surface area contributed by atoms with E-state index < -0.39 is 11.9 Å². The van der Waals surface area contributed by atoms with Crippen LogP contribution >= 0.6 is 15.9 Å². The number of halogens is 1. The molecule has 0 spiro atoms. The summed E-state index contributed by atoms with van der Waals surface area (Å²) in [5.74, 6) is -0.811. The third-order valence-electron chi connectivity index (χ3n) is 7.93. The van der Waals surface area contributed by atoms with Crippen LogP contribution in [-0.2, 0) is 21.0 Å². The van der Waals surface area contributed by atoms with Gasteiger partial charge in [-0.1, -0.05) is 48.5 Å². The number of rotatable bonds is 6. The Morgan fingerprint density at radius 3 is 2.23 bits per heavy atom. The minimum absolute atomic E-state index is 0.00559. The summed E-state index contributed by atoms with van der Waals surface area (Å²) in [5.41, 5.74) is 4.60. The molecule has 3 aromatic carbocycles. The first-order valence-corrected chi connectivity index (χ1v) is 14.1. The lowest BCUT2D eigenvalue weighted by molar-refractivity contribution is -0.138. The van der Waals surface area contributed by atoms with E-state index in [0.717, 1.165) is 37.8 Å². The predicted molar refractivity (Wildman–Crippen MR) is 151 cm³/mol. The third kappa shape index (κ3) is 4.69. The zero-order chi connectivity index (χ0) is 27.1. The fourth-order valence-corrected chi connectivity index (χ4v) is 6.77. The number of carbonyl (C=O) groups excluding carboxylic acids is 2. The molecule has 0 aromatic heterocycles. The maximum absolute atomic E-state index is 13.3. The quantitative estimate of drug-likeness (QED) is 0.347. The lowest BCUT2D eigenvalue weighted by Crippen LogP contribution is -2.41. The van der Waals surface area contributed by atoms with Crippen molar-refractivity contribution in [3.05, 3.63) is 98.8 Å². The van der Waals surface area contributed by atoms with Crippen molar-refractivity contribution in [1.82, 2.24) is 4.90 Å². The molecule has 0 atom stereocenters. The molecule has 6 rings (SSSR count). The van der Waals surface area contributed by atoms with Gasteiger partial charge in [0.05, 0.1) is 4.47 Å². The summed E-state index contributed by atoms with van der Waals surface area (Å²) >= 11 is 3.67. The number of carbonyl (C=O) groups is 3. The van der Waals surface area contributed by atoms with Gasteiger partial charge in [0.15, 0.2) is 11.6 Å². The number of fused-ring (bicyclic) bond motifs is 1. The number of aliphatic carboxylic acids is 1. The van der Waals surface area contributed by atoms with E-state index in [-0.39, 0.29) is 18.1 Å². The number of benzene rings is 3. The molecule has 0 saturated carbocycles. The third-order valence-corrected chi connectivity index (χ3v) is 8.55. The van der Waals surface area contributed by atoms with Gasteiger partial charge in [-0.2, -0.15) is 0 Å². The molecule has 39 heavy (non-hydrogen) atoms. The van der Waals surface area contributed by atoms with Gasteiger partial charge in [-0.3, -0.25) is 14.4 Å². The van der Waals surface area contributed by atoms with Crippen molar-refractivity contribution in [2.24, 2.45) is 0 Å². The Bertz CT molecular complexity index is 1540. The van der Waals surface area contributed by atoms with Crippen LogP contribution in [0.3, 0.4) is 0 Å². The summed E-state index contributed by atoms with van der Waals surface area (Å²) in [7, 11) is 0. The van der Waals surface area contributed by atoms with Crippen molar-refractivity contribution >= 4 is 44.2 Å². The van der Waals surface area contributed by atoms with Gasteiger partial charge in [0.2, 0.25) is 0 Å². The molecular weight excluding hydrogens is 558 g/mol. The van der Waals surface area contributed by atoms with Crippen molar-refractivity contribution in [2.45, 2.75) is 51.0 Å². The fraction of sp³-hybridized carbons (Fsp3) is 0.281. The van der Waals surface area contributed by atoms with Crippen molar-refractivity contribution in [1.29, 1.82) is 0 Å². The lowest BCUT2D eigenvalue weighted by Gasteiger charge is -2.43. The first-order valence-electron chi connectivity index (χ1n) is 13.3. The Morgan fingerprint density at radius 1 is 0.897 bits per heavy atom. The van der Waals surface area contributed by atoms with Crippen molar-refractivity contribution in [3.8, 4) is 5.75 Å². The van der Waals surface area contributed by atoms with Crippen LogP contribution in [0.25, 0.3) is 10.8 Å². The first kappa shape index (κ1) is 25.6. The van der Waals surface area contributed by atoms with E-state index in [1.165, 1.54) is 0 Å². The largest absolute Gasteiger partial charge is 0.488 e. The SMILES string of the molecule is O=C(O)CN1C2=C(C(=O)CCC2)C(c2ccc(OCc3cccc4ccccc34)c(Br)c2)C2=C1CCCC2=O. The highest BCUT2D eigenvalue weighted by atomic mass is 79.9. The van der Waals surface area contributed by atoms with Crippen LogP contribution in [0.2, 0.25) is 0 Å². The number of carboxylic acids is 1. The highest BCUT2D eigenvalue weighted by Gasteiger charge is 2.43. The average Bonchev–Trinajstić information content (AvgIpc) is 2.93. The van der Waals surface area contributed by atoms with E-state index in [1.54, 1.807) is 4.90 Å². The molecule has 0 unspecified atom stereocenters. The van der Waals surface area contributed by atoms with E-state index in [1.807, 2.05) is 36.4 Å². The van der Waals surface area contributed by atoms with Crippen LogP contribution in [0.5, 0.6) is 5.75 Å². The van der Waals surface area contributed by atoms with Crippen LogP contribution in [0.1, 0.15) is 55.6 Å². The van der Waals surface area contributed by atoms with Gasteiger partial charge >= 0.3 is 5.97 Å². The number of carboxylic acid groups (broad SMARTS) is 1. The van der Waals surface area contributed by atoms with Gasteiger partial charge in [-0.05, 0) is 75.6 Å². The van der Waals surface area contributed by atoms with Crippen LogP contribution in [-0.4, -0.2) is 34.1 Å². The van der Waals surface area contributed by atoms with Crippen LogP contribution in [0, 0.1) is 0 Å². The van der Waals surface area contributed by atoms with E-state index in [2.05, 4.69) is 40.2 Å². The molecular formula is C32H28BrNO5. The standard InChI is InChI=1S/C32H28BrNO5/c33-23-16-20(14-15-28(23)39-18-21-8-3-7-19-6-1-2-9-22(19)21)30-31-24(10-4-12-26(31)35)34(17-29(37)38)25-11-5-13-27(36)32(25)30/h1-3,6-9,14-16,30H,4-5,10-13,17-18H2,(H,37,38). The summed E-state index contributed by atoms with van der Waals surface area (Å²) in [5, 5.41) is 11.9. The van der Waals surface area contributed by atoms with E-state index in [4.69, 9.17) is 4.74 Å². The molecule has 0 radical (unpaired) electrons. The molecule has 0 saturated heterocycles. The number of ether oxygens (including phenoxy) is 1. The summed E-state index contributed by atoms with van der Waals surface area (Å²) in [6.07, 6.45) is 3.43. The monoisotopic (exact) mass is 585 g/mol. The smallest absolute Gasteiger partial charge is 0.323 e. The molecule has 2 aliphatic carbocycles. The van der Waals surface area contributed by atoms with Gasteiger partial charge in [-0.15, -0.1) is 0 Å². The Balaban J connectivity index is 1.37. The molecule has 1 aliphatic heterocycles. The summed E-state index contributed by atoms with van der Waals surface area (Å²) in [6, 6.07) is 20.1.